The summed E-state index contributed by atoms with van der Waals surface area (Å²) in [5.41, 5.74) is -0.0883. The molecule has 1 aliphatic heterocycles. The molecule has 5 nitrogen and oxygen atoms in total. The third kappa shape index (κ3) is 3.16. The van der Waals surface area contributed by atoms with Crippen molar-refractivity contribution in [3.8, 4) is 0 Å². The summed E-state index contributed by atoms with van der Waals surface area (Å²) in [4.78, 5) is 17.4. The van der Waals surface area contributed by atoms with Gasteiger partial charge in [-0.3, -0.25) is 4.90 Å². The second kappa shape index (κ2) is 5.18. The predicted molar refractivity (Wildman–Crippen MR) is 67.1 cm³/mol. The summed E-state index contributed by atoms with van der Waals surface area (Å²) < 4.78 is 5.27. The fourth-order valence-corrected chi connectivity index (χ4v) is 2.16. The first-order valence-electron chi connectivity index (χ1n) is 6.50. The molecule has 1 aliphatic rings. The van der Waals surface area contributed by atoms with Crippen molar-refractivity contribution in [1.82, 2.24) is 15.0 Å². The highest BCUT2D eigenvalue weighted by molar-refractivity contribution is 5.53. The van der Waals surface area contributed by atoms with Crippen LogP contribution in [-0.4, -0.2) is 34.4 Å². The summed E-state index contributed by atoms with van der Waals surface area (Å²) in [6.45, 7) is 8.63. The Bertz CT molecular complexity index is 409. The summed E-state index contributed by atoms with van der Waals surface area (Å²) in [5.74, 6) is 1.54. The number of aromatic nitrogens is 2. The minimum Gasteiger partial charge on any atom is -0.338 e. The number of likely N-dealkylation sites (tertiary alicyclic amines) is 1. The normalized spacial score (nSPS) is 22.1. The largest absolute Gasteiger partial charge is 0.338 e. The van der Waals surface area contributed by atoms with Gasteiger partial charge in [-0.25, -0.2) is 0 Å². The molecule has 2 rings (SSSR count). The Morgan fingerprint density at radius 1 is 1.50 bits per heavy atom. The molecule has 2 heterocycles. The van der Waals surface area contributed by atoms with Crippen molar-refractivity contribution < 1.29 is 9.32 Å². The van der Waals surface area contributed by atoms with E-state index in [-0.39, 0.29) is 11.3 Å². The van der Waals surface area contributed by atoms with Crippen molar-refractivity contribution in [3.63, 3.8) is 0 Å². The number of rotatable bonds is 3. The summed E-state index contributed by atoms with van der Waals surface area (Å²) in [6.07, 6.45) is 3.11. The summed E-state index contributed by atoms with van der Waals surface area (Å²) in [5, 5.41) is 4.01. The molecule has 5 heteroatoms. The van der Waals surface area contributed by atoms with Gasteiger partial charge in [-0.1, -0.05) is 25.9 Å². The lowest BCUT2D eigenvalue weighted by atomic mass is 9.96. The maximum absolute atomic E-state index is 10.8. The summed E-state index contributed by atoms with van der Waals surface area (Å²) in [7, 11) is 0. The molecule has 18 heavy (non-hydrogen) atoms. The Labute approximate surface area is 108 Å². The lowest BCUT2D eigenvalue weighted by Crippen LogP contribution is -2.35. The third-order valence-corrected chi connectivity index (χ3v) is 3.23. The minimum atomic E-state index is -0.0883. The van der Waals surface area contributed by atoms with Crippen LogP contribution in [0.1, 0.15) is 45.3 Å². The van der Waals surface area contributed by atoms with Crippen molar-refractivity contribution >= 4 is 6.29 Å². The van der Waals surface area contributed by atoms with E-state index in [4.69, 9.17) is 4.52 Å². The standard InChI is InChI=1S/C13H21N3O2/c1-13(2,3)12-14-11(18-15-12)8-16-6-4-5-10(7-16)9-17/h9-10H,4-8H2,1-3H3. The smallest absolute Gasteiger partial charge is 0.240 e. The van der Waals surface area contributed by atoms with Gasteiger partial charge in [-0.15, -0.1) is 0 Å². The highest BCUT2D eigenvalue weighted by Crippen LogP contribution is 2.20. The van der Waals surface area contributed by atoms with E-state index in [0.29, 0.717) is 12.4 Å². The van der Waals surface area contributed by atoms with E-state index < -0.39 is 0 Å². The van der Waals surface area contributed by atoms with Gasteiger partial charge in [0.05, 0.1) is 6.54 Å². The van der Waals surface area contributed by atoms with Crippen LogP contribution in [0.3, 0.4) is 0 Å². The fraction of sp³-hybridized carbons (Fsp3) is 0.769. The number of hydrogen-bond acceptors (Lipinski definition) is 5. The monoisotopic (exact) mass is 251 g/mol. The first-order chi connectivity index (χ1) is 8.49. The van der Waals surface area contributed by atoms with Crippen LogP contribution in [0.15, 0.2) is 4.52 Å². The molecule has 1 atom stereocenters. The van der Waals surface area contributed by atoms with Crippen LogP contribution in [0.5, 0.6) is 0 Å². The third-order valence-electron chi connectivity index (χ3n) is 3.23. The lowest BCUT2D eigenvalue weighted by Gasteiger charge is -2.28. The quantitative estimate of drug-likeness (QED) is 0.766. The molecule has 100 valence electrons. The number of carbonyl (C=O) groups is 1. The van der Waals surface area contributed by atoms with Crippen LogP contribution in [0.2, 0.25) is 0 Å². The van der Waals surface area contributed by atoms with E-state index in [2.05, 4.69) is 35.8 Å². The van der Waals surface area contributed by atoms with Gasteiger partial charge in [-0.05, 0) is 19.4 Å². The van der Waals surface area contributed by atoms with Gasteiger partial charge < -0.3 is 9.32 Å². The van der Waals surface area contributed by atoms with Crippen LogP contribution in [0, 0.1) is 5.92 Å². The first-order valence-corrected chi connectivity index (χ1v) is 6.50. The molecule has 0 amide bonds. The molecule has 0 saturated carbocycles. The zero-order chi connectivity index (χ0) is 13.2. The van der Waals surface area contributed by atoms with Gasteiger partial charge in [-0.2, -0.15) is 4.98 Å². The number of aldehydes is 1. The number of hydrogen-bond donors (Lipinski definition) is 0. The fourth-order valence-electron chi connectivity index (χ4n) is 2.16. The molecular weight excluding hydrogens is 230 g/mol. The van der Waals surface area contributed by atoms with E-state index in [0.717, 1.165) is 38.0 Å². The molecule has 1 aromatic heterocycles. The summed E-state index contributed by atoms with van der Waals surface area (Å²) in [6, 6.07) is 0. The Morgan fingerprint density at radius 2 is 2.28 bits per heavy atom. The van der Waals surface area contributed by atoms with Gasteiger partial charge in [0.1, 0.15) is 6.29 Å². The Kier molecular flexibility index (Phi) is 3.80. The lowest BCUT2D eigenvalue weighted by molar-refractivity contribution is -0.112. The predicted octanol–water partition coefficient (Wildman–Crippen LogP) is 1.78. The van der Waals surface area contributed by atoms with Crippen molar-refractivity contribution in [2.45, 2.75) is 45.6 Å². The number of nitrogens with zero attached hydrogens (tertiary/aromatic N) is 3. The van der Waals surface area contributed by atoms with E-state index in [1.165, 1.54) is 0 Å². The molecule has 0 N–H and O–H groups in total. The maximum Gasteiger partial charge on any atom is 0.240 e. The molecule has 0 aromatic carbocycles. The Morgan fingerprint density at radius 3 is 2.89 bits per heavy atom. The highest BCUT2D eigenvalue weighted by Gasteiger charge is 2.24. The van der Waals surface area contributed by atoms with Crippen molar-refractivity contribution in [2.24, 2.45) is 5.92 Å². The van der Waals surface area contributed by atoms with Gasteiger partial charge >= 0.3 is 0 Å². The van der Waals surface area contributed by atoms with Crippen LogP contribution in [-0.2, 0) is 16.8 Å². The minimum absolute atomic E-state index is 0.0883. The SMILES string of the molecule is CC(C)(C)c1noc(CN2CCCC(C=O)C2)n1. The Hall–Kier alpha value is -1.23. The summed E-state index contributed by atoms with van der Waals surface area (Å²) >= 11 is 0. The average molecular weight is 251 g/mol. The number of piperidine rings is 1. The van der Waals surface area contributed by atoms with Crippen LogP contribution in [0.25, 0.3) is 0 Å². The van der Waals surface area contributed by atoms with Crippen molar-refractivity contribution in [2.75, 3.05) is 13.1 Å². The average Bonchev–Trinajstić information content (AvgIpc) is 2.77. The second-order valence-corrected chi connectivity index (χ2v) is 6.04. The van der Waals surface area contributed by atoms with E-state index in [1.807, 2.05) is 0 Å². The van der Waals surface area contributed by atoms with E-state index >= 15 is 0 Å². The second-order valence-electron chi connectivity index (χ2n) is 6.04. The van der Waals surface area contributed by atoms with Crippen molar-refractivity contribution in [1.29, 1.82) is 0 Å². The van der Waals surface area contributed by atoms with Gasteiger partial charge in [0.2, 0.25) is 5.89 Å². The zero-order valence-electron chi connectivity index (χ0n) is 11.3. The van der Waals surface area contributed by atoms with E-state index in [1.54, 1.807) is 0 Å². The van der Waals surface area contributed by atoms with Gasteiger partial charge in [0.25, 0.3) is 0 Å². The molecule has 0 bridgehead atoms. The zero-order valence-corrected chi connectivity index (χ0v) is 11.3. The van der Waals surface area contributed by atoms with Crippen LogP contribution >= 0.6 is 0 Å². The first kappa shape index (κ1) is 13.2. The molecule has 1 unspecified atom stereocenters. The Balaban J connectivity index is 1.97. The topological polar surface area (TPSA) is 59.2 Å². The molecule has 0 radical (unpaired) electrons. The van der Waals surface area contributed by atoms with Crippen LogP contribution in [0.4, 0.5) is 0 Å². The molecule has 1 fully saturated rings. The molecule has 0 spiro atoms. The number of carbonyl (C=O) groups excluding carboxylic acids is 1. The molecule has 0 aliphatic carbocycles. The highest BCUT2D eigenvalue weighted by atomic mass is 16.5. The van der Waals surface area contributed by atoms with Gasteiger partial charge in [0, 0.05) is 17.9 Å². The maximum atomic E-state index is 10.8. The molecular formula is C13H21N3O2. The van der Waals surface area contributed by atoms with Gasteiger partial charge in [0.15, 0.2) is 5.82 Å². The van der Waals surface area contributed by atoms with Crippen LogP contribution < -0.4 is 0 Å². The molecule has 1 saturated heterocycles. The van der Waals surface area contributed by atoms with Crippen molar-refractivity contribution in [3.05, 3.63) is 11.7 Å². The molecule has 1 aromatic rings. The van der Waals surface area contributed by atoms with E-state index in [9.17, 15) is 4.79 Å².